The minimum atomic E-state index is -0.485. The van der Waals surface area contributed by atoms with Crippen LogP contribution < -0.4 is 0 Å². The topological polar surface area (TPSA) is 80.9 Å². The fourth-order valence-corrected chi connectivity index (χ4v) is 4.91. The smallest absolute Gasteiger partial charge is 0.0648 e. The Kier molecular flexibility index (Phi) is 8.67. The van der Waals surface area contributed by atoms with Crippen LogP contribution in [0.4, 0.5) is 0 Å². The van der Waals surface area contributed by atoms with Crippen molar-refractivity contribution in [3.8, 4) is 0 Å². The van der Waals surface area contributed by atoms with Crippen LogP contribution in [-0.2, 0) is 0 Å². The molecular weight excluding hydrogens is 316 g/mol. The third-order valence-electron chi connectivity index (χ3n) is 7.15. The molecule has 0 radical (unpaired) electrons. The molecule has 0 aliphatic heterocycles. The first-order valence-electron chi connectivity index (χ1n) is 10.6. The second-order valence-electron chi connectivity index (χ2n) is 9.05. The van der Waals surface area contributed by atoms with Gasteiger partial charge in [0.15, 0.2) is 0 Å². The van der Waals surface area contributed by atoms with E-state index in [9.17, 15) is 20.4 Å². The monoisotopic (exact) mass is 356 g/mol. The fraction of sp³-hybridized carbons (Fsp3) is 1.00. The summed E-state index contributed by atoms with van der Waals surface area (Å²) in [6.07, 6.45) is 14.4. The molecular formula is C21H40O4. The van der Waals surface area contributed by atoms with Gasteiger partial charge in [-0.15, -0.1) is 0 Å². The molecule has 0 aromatic heterocycles. The average Bonchev–Trinajstić information content (AvgIpc) is 2.65. The van der Waals surface area contributed by atoms with Gasteiger partial charge in [-0.05, 0) is 81.5 Å². The van der Waals surface area contributed by atoms with Crippen molar-refractivity contribution in [2.45, 2.75) is 95.5 Å². The van der Waals surface area contributed by atoms with Crippen molar-refractivity contribution >= 4 is 0 Å². The summed E-state index contributed by atoms with van der Waals surface area (Å²) in [4.78, 5) is 0. The first kappa shape index (κ1) is 21.1. The fourth-order valence-electron chi connectivity index (χ4n) is 4.91. The van der Waals surface area contributed by atoms with Gasteiger partial charge in [0.2, 0.25) is 0 Å². The van der Waals surface area contributed by atoms with E-state index < -0.39 is 5.60 Å². The zero-order valence-electron chi connectivity index (χ0n) is 16.0. The van der Waals surface area contributed by atoms with E-state index >= 15 is 0 Å². The molecule has 0 spiro atoms. The van der Waals surface area contributed by atoms with Crippen LogP contribution in [0.3, 0.4) is 0 Å². The number of hydrogen-bond acceptors (Lipinski definition) is 4. The van der Waals surface area contributed by atoms with Crippen LogP contribution in [0, 0.1) is 17.3 Å². The molecule has 4 heteroatoms. The second-order valence-corrected chi connectivity index (χ2v) is 9.05. The highest BCUT2D eigenvalue weighted by molar-refractivity contribution is 4.86. The Hall–Kier alpha value is -0.160. The van der Waals surface area contributed by atoms with E-state index in [0.29, 0.717) is 18.4 Å². The van der Waals surface area contributed by atoms with Crippen LogP contribution in [0.5, 0.6) is 0 Å². The molecule has 2 saturated carbocycles. The molecule has 2 rings (SSSR count). The normalized spacial score (nSPS) is 36.5. The zero-order chi connectivity index (χ0) is 18.2. The van der Waals surface area contributed by atoms with Crippen LogP contribution in [0.1, 0.15) is 89.9 Å². The summed E-state index contributed by atoms with van der Waals surface area (Å²) in [5, 5.41) is 38.9. The molecule has 0 amide bonds. The van der Waals surface area contributed by atoms with E-state index in [1.54, 1.807) is 0 Å². The molecule has 148 valence electrons. The number of rotatable bonds is 10. The van der Waals surface area contributed by atoms with Crippen molar-refractivity contribution < 1.29 is 20.4 Å². The Morgan fingerprint density at radius 3 is 1.60 bits per heavy atom. The first-order valence-corrected chi connectivity index (χ1v) is 10.6. The lowest BCUT2D eigenvalue weighted by Crippen LogP contribution is -2.34. The van der Waals surface area contributed by atoms with Gasteiger partial charge in [-0.3, -0.25) is 0 Å². The summed E-state index contributed by atoms with van der Waals surface area (Å²) in [7, 11) is 0. The Balaban J connectivity index is 1.57. The van der Waals surface area contributed by atoms with Crippen LogP contribution in [0.25, 0.3) is 0 Å². The molecule has 4 nitrogen and oxygen atoms in total. The summed E-state index contributed by atoms with van der Waals surface area (Å²) in [6.45, 7) is 0.849. The molecule has 0 bridgehead atoms. The van der Waals surface area contributed by atoms with Gasteiger partial charge in [0.05, 0.1) is 5.60 Å². The highest BCUT2D eigenvalue weighted by Gasteiger charge is 2.34. The van der Waals surface area contributed by atoms with Gasteiger partial charge in [-0.1, -0.05) is 25.7 Å². The second kappa shape index (κ2) is 10.2. The number of aliphatic hydroxyl groups excluding tert-OH is 3. The largest absolute Gasteiger partial charge is 0.396 e. The predicted molar refractivity (Wildman–Crippen MR) is 100 cm³/mol. The zero-order valence-corrected chi connectivity index (χ0v) is 16.0. The van der Waals surface area contributed by atoms with Crippen LogP contribution >= 0.6 is 0 Å². The summed E-state index contributed by atoms with van der Waals surface area (Å²) in [6, 6.07) is 0. The number of hydrogen-bond donors (Lipinski definition) is 4. The SMILES string of the molecule is OCC1CCC(O)(CCCCCCC2(CO)CCC(CO)CC2)CC1. The first-order chi connectivity index (χ1) is 12.0. The van der Waals surface area contributed by atoms with Crippen molar-refractivity contribution in [2.24, 2.45) is 17.3 Å². The highest BCUT2D eigenvalue weighted by Crippen LogP contribution is 2.42. The Labute approximate surface area is 153 Å². The molecule has 0 saturated heterocycles. The van der Waals surface area contributed by atoms with Gasteiger partial charge in [-0.25, -0.2) is 0 Å². The maximum Gasteiger partial charge on any atom is 0.0648 e. The van der Waals surface area contributed by atoms with Gasteiger partial charge in [0, 0.05) is 19.8 Å². The van der Waals surface area contributed by atoms with E-state index in [1.807, 2.05) is 0 Å². The Bertz CT molecular complexity index is 355. The van der Waals surface area contributed by atoms with E-state index in [0.717, 1.165) is 83.5 Å². The third-order valence-corrected chi connectivity index (χ3v) is 7.15. The van der Waals surface area contributed by atoms with Crippen molar-refractivity contribution in [2.75, 3.05) is 19.8 Å². The standard InChI is InChI=1S/C21H40O4/c22-15-18-5-11-20(17-24,12-6-18)9-3-1-2-4-10-21(25)13-7-19(16-23)8-14-21/h18-19,22-25H,1-17H2. The molecule has 0 aromatic carbocycles. The van der Waals surface area contributed by atoms with Gasteiger partial charge in [0.1, 0.15) is 0 Å². The van der Waals surface area contributed by atoms with Gasteiger partial charge in [0.25, 0.3) is 0 Å². The summed E-state index contributed by atoms with van der Waals surface area (Å²) >= 11 is 0. The van der Waals surface area contributed by atoms with E-state index in [4.69, 9.17) is 0 Å². The van der Waals surface area contributed by atoms with Crippen molar-refractivity contribution in [1.82, 2.24) is 0 Å². The maximum atomic E-state index is 10.6. The minimum absolute atomic E-state index is 0.104. The van der Waals surface area contributed by atoms with Crippen LogP contribution in [-0.4, -0.2) is 45.8 Å². The molecule has 0 atom stereocenters. The minimum Gasteiger partial charge on any atom is -0.396 e. The van der Waals surface area contributed by atoms with Crippen LogP contribution in [0.15, 0.2) is 0 Å². The number of unbranched alkanes of at least 4 members (excludes halogenated alkanes) is 3. The third kappa shape index (κ3) is 6.50. The lowest BCUT2D eigenvalue weighted by atomic mass is 9.68. The van der Waals surface area contributed by atoms with E-state index in [-0.39, 0.29) is 18.6 Å². The Morgan fingerprint density at radius 2 is 1.12 bits per heavy atom. The molecule has 25 heavy (non-hydrogen) atoms. The summed E-state index contributed by atoms with van der Waals surface area (Å²) < 4.78 is 0. The van der Waals surface area contributed by atoms with E-state index in [1.165, 1.54) is 6.42 Å². The predicted octanol–water partition coefficient (Wildman–Crippen LogP) is 3.40. The van der Waals surface area contributed by atoms with Crippen molar-refractivity contribution in [3.63, 3.8) is 0 Å². The van der Waals surface area contributed by atoms with Gasteiger partial charge in [-0.2, -0.15) is 0 Å². The lowest BCUT2D eigenvalue weighted by molar-refractivity contribution is -0.0249. The van der Waals surface area contributed by atoms with E-state index in [2.05, 4.69) is 0 Å². The quantitative estimate of drug-likeness (QED) is 0.452. The van der Waals surface area contributed by atoms with Gasteiger partial charge >= 0.3 is 0 Å². The summed E-state index contributed by atoms with van der Waals surface area (Å²) in [5.41, 5.74) is -0.382. The molecule has 2 aliphatic rings. The number of aliphatic hydroxyl groups is 4. The van der Waals surface area contributed by atoms with Crippen molar-refractivity contribution in [3.05, 3.63) is 0 Å². The molecule has 2 aliphatic carbocycles. The Morgan fingerprint density at radius 1 is 0.640 bits per heavy atom. The average molecular weight is 357 g/mol. The molecule has 2 fully saturated rings. The maximum absolute atomic E-state index is 10.6. The molecule has 0 unspecified atom stereocenters. The van der Waals surface area contributed by atoms with Crippen LogP contribution in [0.2, 0.25) is 0 Å². The highest BCUT2D eigenvalue weighted by atomic mass is 16.3. The van der Waals surface area contributed by atoms with Gasteiger partial charge < -0.3 is 20.4 Å². The molecule has 4 N–H and O–H groups in total. The summed E-state index contributed by atoms with van der Waals surface area (Å²) in [5.74, 6) is 0.845. The van der Waals surface area contributed by atoms with Crippen molar-refractivity contribution in [1.29, 1.82) is 0 Å². The molecule has 0 heterocycles. The molecule has 0 aromatic rings. The lowest BCUT2D eigenvalue weighted by Gasteiger charge is -2.38.